The number of esters is 1. The van der Waals surface area contributed by atoms with E-state index in [9.17, 15) is 9.59 Å². The van der Waals surface area contributed by atoms with E-state index < -0.39 is 17.6 Å². The molecule has 0 aliphatic carbocycles. The first-order valence-electron chi connectivity index (χ1n) is 5.11. The van der Waals surface area contributed by atoms with Gasteiger partial charge in [-0.15, -0.1) is 0 Å². The van der Waals surface area contributed by atoms with Crippen molar-refractivity contribution in [2.45, 2.75) is 25.8 Å². The van der Waals surface area contributed by atoms with Gasteiger partial charge < -0.3 is 9.84 Å². The van der Waals surface area contributed by atoms with Gasteiger partial charge in [0, 0.05) is 6.42 Å². The highest BCUT2D eigenvalue weighted by molar-refractivity contribution is 5.74. The number of carbonyl (C=O) groups excluding carboxylic acids is 1. The Morgan fingerprint density at radius 1 is 1.75 bits per heavy atom. The molecule has 0 saturated heterocycles. The molecule has 1 N–H and O–H groups in total. The van der Waals surface area contributed by atoms with Crippen LogP contribution < -0.4 is 5.56 Å². The lowest BCUT2D eigenvalue weighted by atomic mass is 10.2. The number of nitrogens with zero attached hydrogens (tertiary/aromatic N) is 2. The van der Waals surface area contributed by atoms with Gasteiger partial charge in [0.25, 0.3) is 5.56 Å². The van der Waals surface area contributed by atoms with Crippen molar-refractivity contribution in [3.05, 3.63) is 22.2 Å². The summed E-state index contributed by atoms with van der Waals surface area (Å²) in [6.45, 7) is 2.00. The number of hydrogen-bond donors (Lipinski definition) is 1. The maximum absolute atomic E-state index is 11.6. The van der Waals surface area contributed by atoms with E-state index in [0.29, 0.717) is 18.7 Å². The Balaban J connectivity index is 2.40. The van der Waals surface area contributed by atoms with Gasteiger partial charge >= 0.3 is 5.97 Å². The fourth-order valence-electron chi connectivity index (χ4n) is 1.89. The van der Waals surface area contributed by atoms with E-state index in [1.54, 1.807) is 6.92 Å². The van der Waals surface area contributed by atoms with E-state index >= 15 is 0 Å². The quantitative estimate of drug-likeness (QED) is 0.715. The monoisotopic (exact) mass is 224 g/mol. The average Bonchev–Trinajstić information content (AvgIpc) is 2.61. The van der Waals surface area contributed by atoms with Crippen LogP contribution in [-0.2, 0) is 16.0 Å². The highest BCUT2D eigenvalue weighted by Crippen LogP contribution is 2.24. The Bertz CT molecular complexity index is 480. The highest BCUT2D eigenvalue weighted by atomic mass is 16.5. The van der Waals surface area contributed by atoms with Gasteiger partial charge in [-0.2, -0.15) is 0 Å². The molecule has 1 aliphatic heterocycles. The minimum Gasteiger partial charge on any atom is -0.493 e. The zero-order valence-corrected chi connectivity index (χ0v) is 8.84. The van der Waals surface area contributed by atoms with E-state index in [-0.39, 0.29) is 12.5 Å². The Kier molecular flexibility index (Phi) is 2.64. The first kappa shape index (κ1) is 10.7. The Morgan fingerprint density at radius 3 is 3.19 bits per heavy atom. The lowest BCUT2D eigenvalue weighted by molar-refractivity contribution is -0.147. The summed E-state index contributed by atoms with van der Waals surface area (Å²) in [6, 6.07) is 0.400. The molecule has 0 bridgehead atoms. The number of hydrogen-bond acceptors (Lipinski definition) is 5. The molecular formula is C10H12N2O4. The van der Waals surface area contributed by atoms with Crippen molar-refractivity contribution >= 4 is 5.97 Å². The van der Waals surface area contributed by atoms with Gasteiger partial charge in [0.05, 0.1) is 12.7 Å². The second-order valence-electron chi connectivity index (χ2n) is 3.55. The molecule has 1 aliphatic rings. The third-order valence-electron chi connectivity index (χ3n) is 2.52. The van der Waals surface area contributed by atoms with Crippen molar-refractivity contribution in [2.24, 2.45) is 0 Å². The molecule has 0 aromatic carbocycles. The first-order chi connectivity index (χ1) is 7.63. The predicted octanol–water partition coefficient (Wildman–Crippen LogP) is -0.000700. The molecule has 0 spiro atoms. The number of ether oxygens (including phenoxy) is 1. The molecule has 1 atom stereocenters. The number of fused-ring (bicyclic) bond motifs is 1. The normalized spacial score (nSPS) is 18.2. The van der Waals surface area contributed by atoms with Gasteiger partial charge in [-0.3, -0.25) is 9.36 Å². The third-order valence-corrected chi connectivity index (χ3v) is 2.52. The molecule has 16 heavy (non-hydrogen) atoms. The maximum atomic E-state index is 11.6. The minimum atomic E-state index is -0.601. The summed E-state index contributed by atoms with van der Waals surface area (Å²) in [4.78, 5) is 27.0. The second-order valence-corrected chi connectivity index (χ2v) is 3.55. The number of aromatic nitrogens is 2. The largest absolute Gasteiger partial charge is 0.493 e. The molecule has 1 aromatic heterocycles. The van der Waals surface area contributed by atoms with Crippen molar-refractivity contribution in [1.82, 2.24) is 9.55 Å². The number of aryl methyl sites for hydroxylation is 1. The van der Waals surface area contributed by atoms with Gasteiger partial charge in [0.15, 0.2) is 0 Å². The van der Waals surface area contributed by atoms with Crippen molar-refractivity contribution in [1.29, 1.82) is 0 Å². The summed E-state index contributed by atoms with van der Waals surface area (Å²) in [5, 5.41) is 9.16. The van der Waals surface area contributed by atoms with Gasteiger partial charge in [-0.05, 0) is 13.3 Å². The summed E-state index contributed by atoms with van der Waals surface area (Å²) >= 11 is 0. The van der Waals surface area contributed by atoms with E-state index in [1.165, 1.54) is 4.57 Å². The molecule has 2 heterocycles. The predicted molar refractivity (Wildman–Crippen MR) is 54.2 cm³/mol. The number of rotatable bonds is 2. The molecular weight excluding hydrogens is 212 g/mol. The van der Waals surface area contributed by atoms with Crippen LogP contribution in [0, 0.1) is 0 Å². The van der Waals surface area contributed by atoms with Crippen molar-refractivity contribution in [3.63, 3.8) is 0 Å². The van der Waals surface area contributed by atoms with E-state index in [1.807, 2.05) is 0 Å². The molecule has 86 valence electrons. The third kappa shape index (κ3) is 1.66. The summed E-state index contributed by atoms with van der Waals surface area (Å²) in [5.41, 5.74) is -0.418. The van der Waals surface area contributed by atoms with Crippen LogP contribution in [0.4, 0.5) is 0 Å². The molecule has 0 amide bonds. The molecule has 0 saturated carbocycles. The average molecular weight is 224 g/mol. The van der Waals surface area contributed by atoms with Crippen LogP contribution in [0.2, 0.25) is 0 Å². The van der Waals surface area contributed by atoms with Crippen LogP contribution in [0.25, 0.3) is 0 Å². The van der Waals surface area contributed by atoms with Crippen molar-refractivity contribution < 1.29 is 14.6 Å². The molecule has 6 nitrogen and oxygen atoms in total. The molecule has 1 unspecified atom stereocenters. The van der Waals surface area contributed by atoms with Crippen LogP contribution in [0.15, 0.2) is 10.9 Å². The van der Waals surface area contributed by atoms with E-state index in [2.05, 4.69) is 4.98 Å². The smallest absolute Gasteiger partial charge is 0.329 e. The summed E-state index contributed by atoms with van der Waals surface area (Å²) in [5.74, 6) is -0.292. The van der Waals surface area contributed by atoms with Crippen molar-refractivity contribution in [2.75, 3.05) is 6.61 Å². The Labute approximate surface area is 91.5 Å². The minimum absolute atomic E-state index is 0.283. The van der Waals surface area contributed by atoms with Crippen LogP contribution in [0.5, 0.6) is 5.88 Å². The fraction of sp³-hybridized carbons (Fsp3) is 0.500. The summed E-state index contributed by atoms with van der Waals surface area (Å²) < 4.78 is 6.17. The zero-order chi connectivity index (χ0) is 11.7. The zero-order valence-electron chi connectivity index (χ0n) is 8.84. The van der Waals surface area contributed by atoms with Crippen LogP contribution >= 0.6 is 0 Å². The molecule has 2 rings (SSSR count). The molecule has 1 aromatic rings. The van der Waals surface area contributed by atoms with Crippen LogP contribution in [0.1, 0.15) is 25.2 Å². The highest BCUT2D eigenvalue weighted by Gasteiger charge is 2.31. The topological polar surface area (TPSA) is 81.4 Å². The molecule has 0 radical (unpaired) electrons. The standard InChI is InChI=1S/C10H12N2O4/c1-2-16-10(15)6-3-4-7-11-8(13)5-9(14)12(6)7/h5-6,13H,2-4H2,1H3. The number of aromatic hydroxyl groups is 1. The lowest BCUT2D eigenvalue weighted by Gasteiger charge is -2.12. The summed E-state index contributed by atoms with van der Waals surface area (Å²) in [7, 11) is 0. The van der Waals surface area contributed by atoms with Crippen molar-refractivity contribution in [3.8, 4) is 5.88 Å². The number of carbonyl (C=O) groups is 1. The van der Waals surface area contributed by atoms with Gasteiger partial charge in [-0.25, -0.2) is 9.78 Å². The van der Waals surface area contributed by atoms with E-state index in [0.717, 1.165) is 6.07 Å². The Morgan fingerprint density at radius 2 is 2.50 bits per heavy atom. The SMILES string of the molecule is CCOC(=O)C1CCc2nc(O)cc(=O)n21. The van der Waals surface area contributed by atoms with Gasteiger partial charge in [0.2, 0.25) is 5.88 Å². The first-order valence-corrected chi connectivity index (χ1v) is 5.11. The van der Waals surface area contributed by atoms with Gasteiger partial charge in [-0.1, -0.05) is 0 Å². The van der Waals surface area contributed by atoms with E-state index in [4.69, 9.17) is 9.84 Å². The maximum Gasteiger partial charge on any atom is 0.329 e. The molecule has 0 fully saturated rings. The second kappa shape index (κ2) is 3.96. The summed E-state index contributed by atoms with van der Waals surface area (Å²) in [6.07, 6.45) is 0.984. The van der Waals surface area contributed by atoms with Crippen LogP contribution in [-0.4, -0.2) is 27.2 Å². The Hall–Kier alpha value is -1.85. The van der Waals surface area contributed by atoms with Gasteiger partial charge in [0.1, 0.15) is 11.9 Å². The molecule has 6 heteroatoms. The van der Waals surface area contributed by atoms with Crippen LogP contribution in [0.3, 0.4) is 0 Å². The fourth-order valence-corrected chi connectivity index (χ4v) is 1.89. The lowest BCUT2D eigenvalue weighted by Crippen LogP contribution is -2.28.